The Hall–Kier alpha value is -4.77. The van der Waals surface area contributed by atoms with Gasteiger partial charge in [-0.15, -0.1) is 11.0 Å². The first kappa shape index (κ1) is 23.0. The maximum Gasteiger partial charge on any atom is 0.346 e. The van der Waals surface area contributed by atoms with Gasteiger partial charge in [0, 0.05) is 5.56 Å². The van der Waals surface area contributed by atoms with Gasteiger partial charge in [0.1, 0.15) is 5.82 Å². The Labute approximate surface area is 208 Å². The lowest BCUT2D eigenvalue weighted by Crippen LogP contribution is -2.26. The highest BCUT2D eigenvalue weighted by atomic mass is 16.2. The number of nitrogens with zero attached hydrogens (tertiary/aromatic N) is 6. The topological polar surface area (TPSA) is 94.3 Å². The van der Waals surface area contributed by atoms with Crippen LogP contribution in [-0.2, 0) is 25.9 Å². The number of benzene rings is 3. The van der Waals surface area contributed by atoms with Crippen molar-refractivity contribution in [2.75, 3.05) is 0 Å². The summed E-state index contributed by atoms with van der Waals surface area (Å²) in [6, 6.07) is 26.2. The van der Waals surface area contributed by atoms with E-state index in [-0.39, 0.29) is 5.69 Å². The number of aromatic amines is 1. The van der Waals surface area contributed by atoms with Crippen LogP contribution in [0, 0.1) is 11.8 Å². The molecule has 0 atom stereocenters. The first-order valence-corrected chi connectivity index (χ1v) is 11.8. The number of tetrazole rings is 1. The highest BCUT2D eigenvalue weighted by Crippen LogP contribution is 2.29. The minimum Gasteiger partial charge on any atom is -0.274 e. The number of nitrogens with one attached hydrogen (secondary N) is 1. The molecule has 0 bridgehead atoms. The summed E-state index contributed by atoms with van der Waals surface area (Å²) in [7, 11) is 0. The third-order valence-corrected chi connectivity index (χ3v) is 6.01. The van der Waals surface area contributed by atoms with Gasteiger partial charge in [0.05, 0.1) is 19.5 Å². The molecule has 36 heavy (non-hydrogen) atoms. The van der Waals surface area contributed by atoms with E-state index in [1.165, 1.54) is 5.56 Å². The van der Waals surface area contributed by atoms with Gasteiger partial charge >= 0.3 is 5.69 Å². The van der Waals surface area contributed by atoms with Crippen molar-refractivity contribution in [1.29, 1.82) is 0 Å². The van der Waals surface area contributed by atoms with Gasteiger partial charge in [0.25, 0.3) is 0 Å². The van der Waals surface area contributed by atoms with E-state index in [1.807, 2.05) is 66.7 Å². The SMILES string of the molecule is CC#CCc1nn(CCc2ccccc2)c(=O)n1Cc1ccc(-c2ccccc2-c2nnn[nH]2)cc1. The van der Waals surface area contributed by atoms with Crippen LogP contribution in [0.15, 0.2) is 83.7 Å². The van der Waals surface area contributed by atoms with Crippen molar-refractivity contribution in [2.24, 2.45) is 0 Å². The molecule has 8 nitrogen and oxygen atoms in total. The van der Waals surface area contributed by atoms with E-state index >= 15 is 0 Å². The molecule has 0 aliphatic rings. The molecule has 0 aliphatic carbocycles. The molecular formula is C28H25N7O. The predicted molar refractivity (Wildman–Crippen MR) is 138 cm³/mol. The molecule has 0 fully saturated rings. The van der Waals surface area contributed by atoms with Crippen molar-refractivity contribution >= 4 is 0 Å². The lowest BCUT2D eigenvalue weighted by atomic mass is 9.98. The smallest absolute Gasteiger partial charge is 0.274 e. The zero-order valence-corrected chi connectivity index (χ0v) is 19.9. The van der Waals surface area contributed by atoms with Crippen molar-refractivity contribution in [3.8, 4) is 34.4 Å². The van der Waals surface area contributed by atoms with Crippen LogP contribution in [0.1, 0.15) is 23.9 Å². The Bertz CT molecular complexity index is 1550. The average Bonchev–Trinajstić information content (AvgIpc) is 3.56. The molecule has 0 unspecified atom stereocenters. The summed E-state index contributed by atoms with van der Waals surface area (Å²) >= 11 is 0. The van der Waals surface area contributed by atoms with Gasteiger partial charge in [-0.3, -0.25) is 4.57 Å². The molecule has 2 heterocycles. The lowest BCUT2D eigenvalue weighted by Gasteiger charge is -2.09. The highest BCUT2D eigenvalue weighted by Gasteiger charge is 2.14. The van der Waals surface area contributed by atoms with E-state index in [1.54, 1.807) is 16.2 Å². The first-order chi connectivity index (χ1) is 17.7. The Kier molecular flexibility index (Phi) is 6.81. The van der Waals surface area contributed by atoms with E-state index in [0.717, 1.165) is 28.7 Å². The van der Waals surface area contributed by atoms with Gasteiger partial charge in [-0.05, 0) is 46.0 Å². The first-order valence-electron chi connectivity index (χ1n) is 11.8. The molecule has 1 N–H and O–H groups in total. The van der Waals surface area contributed by atoms with Crippen molar-refractivity contribution < 1.29 is 0 Å². The number of rotatable bonds is 8. The molecule has 178 valence electrons. The van der Waals surface area contributed by atoms with Crippen LogP contribution in [0.5, 0.6) is 0 Å². The Balaban J connectivity index is 1.40. The van der Waals surface area contributed by atoms with Crippen LogP contribution in [0.2, 0.25) is 0 Å². The minimum absolute atomic E-state index is 0.119. The van der Waals surface area contributed by atoms with Gasteiger partial charge in [-0.25, -0.2) is 14.6 Å². The summed E-state index contributed by atoms with van der Waals surface area (Å²) < 4.78 is 3.27. The molecule has 0 amide bonds. The second-order valence-corrected chi connectivity index (χ2v) is 8.34. The van der Waals surface area contributed by atoms with Gasteiger partial charge in [0.15, 0.2) is 5.82 Å². The Morgan fingerprint density at radius 3 is 2.36 bits per heavy atom. The molecule has 5 aromatic rings. The second kappa shape index (κ2) is 10.7. The minimum atomic E-state index is -0.119. The Morgan fingerprint density at radius 1 is 0.889 bits per heavy atom. The maximum absolute atomic E-state index is 13.2. The summed E-state index contributed by atoms with van der Waals surface area (Å²) in [4.78, 5) is 13.2. The molecule has 0 aliphatic heterocycles. The molecule has 5 rings (SSSR count). The molecule has 0 spiro atoms. The monoisotopic (exact) mass is 475 g/mol. The normalized spacial score (nSPS) is 10.7. The van der Waals surface area contributed by atoms with Gasteiger partial charge in [0.2, 0.25) is 0 Å². The maximum atomic E-state index is 13.2. The highest BCUT2D eigenvalue weighted by molar-refractivity contribution is 5.80. The van der Waals surface area contributed by atoms with Crippen LogP contribution in [0.3, 0.4) is 0 Å². The van der Waals surface area contributed by atoms with Gasteiger partial charge in [-0.1, -0.05) is 84.8 Å². The van der Waals surface area contributed by atoms with Crippen molar-refractivity contribution in [2.45, 2.75) is 32.9 Å². The van der Waals surface area contributed by atoms with Crippen LogP contribution < -0.4 is 5.69 Å². The van der Waals surface area contributed by atoms with E-state index in [0.29, 0.717) is 31.2 Å². The van der Waals surface area contributed by atoms with E-state index in [4.69, 9.17) is 0 Å². The zero-order chi connectivity index (χ0) is 24.7. The van der Waals surface area contributed by atoms with E-state index in [2.05, 4.69) is 49.7 Å². The molecule has 2 aromatic heterocycles. The summed E-state index contributed by atoms with van der Waals surface area (Å²) in [6.07, 6.45) is 1.17. The van der Waals surface area contributed by atoms with Crippen molar-refractivity contribution in [3.63, 3.8) is 0 Å². The van der Waals surface area contributed by atoms with Crippen LogP contribution in [0.4, 0.5) is 0 Å². The van der Waals surface area contributed by atoms with Crippen molar-refractivity contribution in [1.82, 2.24) is 35.0 Å². The third-order valence-electron chi connectivity index (χ3n) is 6.01. The number of H-pyrrole nitrogens is 1. The lowest BCUT2D eigenvalue weighted by molar-refractivity contribution is 0.579. The molecule has 8 heteroatoms. The summed E-state index contributed by atoms with van der Waals surface area (Å²) in [5.41, 5.74) is 5.04. The largest absolute Gasteiger partial charge is 0.346 e. The van der Waals surface area contributed by atoms with E-state index < -0.39 is 0 Å². The molecule has 0 saturated carbocycles. The number of hydrogen-bond acceptors (Lipinski definition) is 5. The molecule has 0 radical (unpaired) electrons. The van der Waals surface area contributed by atoms with E-state index in [9.17, 15) is 4.79 Å². The standard InChI is InChI=1S/C28H25N7O/c1-2-3-13-26-31-35(19-18-21-9-5-4-6-10-21)28(36)34(26)20-22-14-16-23(17-15-22)24-11-7-8-12-25(24)27-29-32-33-30-27/h4-12,14-17H,13,18-20H2,1H3,(H,29,30,32,33). The zero-order valence-electron chi connectivity index (χ0n) is 19.9. The molecule has 0 saturated heterocycles. The number of aromatic nitrogens is 7. The van der Waals surface area contributed by atoms with Crippen molar-refractivity contribution in [3.05, 3.63) is 106 Å². The summed E-state index contributed by atoms with van der Waals surface area (Å²) in [5, 5.41) is 18.9. The van der Waals surface area contributed by atoms with Crippen LogP contribution in [-0.4, -0.2) is 35.0 Å². The van der Waals surface area contributed by atoms with Gasteiger partial charge < -0.3 is 0 Å². The second-order valence-electron chi connectivity index (χ2n) is 8.34. The third kappa shape index (κ3) is 5.00. The number of aryl methyl sites for hydroxylation is 2. The summed E-state index contributed by atoms with van der Waals surface area (Å²) in [5.74, 6) is 7.25. The fraction of sp³-hybridized carbons (Fsp3) is 0.179. The molecular weight excluding hydrogens is 450 g/mol. The number of hydrogen-bond donors (Lipinski definition) is 1. The Morgan fingerprint density at radius 2 is 1.64 bits per heavy atom. The quantitative estimate of drug-likeness (QED) is 0.345. The predicted octanol–water partition coefficient (Wildman–Crippen LogP) is 3.75. The molecule has 3 aromatic carbocycles. The van der Waals surface area contributed by atoms with Gasteiger partial charge in [-0.2, -0.15) is 5.10 Å². The van der Waals surface area contributed by atoms with Crippen LogP contribution >= 0.6 is 0 Å². The average molecular weight is 476 g/mol. The fourth-order valence-corrected chi connectivity index (χ4v) is 4.16. The summed E-state index contributed by atoms with van der Waals surface area (Å²) in [6.45, 7) is 2.74. The van der Waals surface area contributed by atoms with Crippen LogP contribution in [0.25, 0.3) is 22.5 Å². The fourth-order valence-electron chi connectivity index (χ4n) is 4.16.